The van der Waals surface area contributed by atoms with Gasteiger partial charge in [-0.1, -0.05) is 20.3 Å². The molecule has 0 aliphatic rings. The van der Waals surface area contributed by atoms with Crippen LogP contribution in [0.1, 0.15) is 47.0 Å². The molecule has 1 unspecified atom stereocenters. The van der Waals surface area contributed by atoms with Gasteiger partial charge in [-0.15, -0.1) is 0 Å². The molecule has 0 aromatic heterocycles. The highest BCUT2D eigenvalue weighted by molar-refractivity contribution is 4.77. The highest BCUT2D eigenvalue weighted by Crippen LogP contribution is 2.10. The first kappa shape index (κ1) is 12.9. The van der Waals surface area contributed by atoms with Crippen LogP contribution in [0.3, 0.4) is 0 Å². The van der Waals surface area contributed by atoms with E-state index in [0.29, 0.717) is 0 Å². The van der Waals surface area contributed by atoms with Gasteiger partial charge in [0, 0.05) is 12.1 Å². The quantitative estimate of drug-likeness (QED) is 0.640. The Labute approximate surface area is 82.7 Å². The van der Waals surface area contributed by atoms with Gasteiger partial charge in [-0.05, 0) is 39.2 Å². The van der Waals surface area contributed by atoms with E-state index in [4.69, 9.17) is 5.11 Å². The molecule has 0 radical (unpaired) electrons. The highest BCUT2D eigenvalue weighted by Gasteiger charge is 2.16. The van der Waals surface area contributed by atoms with Crippen molar-refractivity contribution in [2.45, 2.75) is 52.5 Å². The molecule has 0 amide bonds. The summed E-state index contributed by atoms with van der Waals surface area (Å²) in [4.78, 5) is 0. The van der Waals surface area contributed by atoms with Gasteiger partial charge in [0.1, 0.15) is 0 Å². The normalized spacial score (nSPS) is 14.5. The van der Waals surface area contributed by atoms with Crippen molar-refractivity contribution in [2.75, 3.05) is 13.2 Å². The molecule has 0 fully saturated rings. The Hall–Kier alpha value is -0.0800. The lowest BCUT2D eigenvalue weighted by atomic mass is 9.99. The summed E-state index contributed by atoms with van der Waals surface area (Å²) in [6.07, 6.45) is 3.36. The van der Waals surface area contributed by atoms with Crippen molar-refractivity contribution in [3.05, 3.63) is 0 Å². The van der Waals surface area contributed by atoms with Crippen molar-refractivity contribution >= 4 is 0 Å². The van der Waals surface area contributed by atoms with E-state index in [1.54, 1.807) is 0 Å². The molecular weight excluding hydrogens is 162 g/mol. The standard InChI is InChI=1S/C11H25NO/c1-5-6-10(2)9-12-11(3,4)7-8-13/h10,12-13H,5-9H2,1-4H3. The molecule has 80 valence electrons. The second kappa shape index (κ2) is 6.39. The van der Waals surface area contributed by atoms with Crippen LogP contribution in [0.25, 0.3) is 0 Å². The summed E-state index contributed by atoms with van der Waals surface area (Å²) >= 11 is 0. The number of aliphatic hydroxyl groups is 1. The maximum Gasteiger partial charge on any atom is 0.0448 e. The van der Waals surface area contributed by atoms with Gasteiger partial charge < -0.3 is 10.4 Å². The first-order chi connectivity index (χ1) is 6.02. The summed E-state index contributed by atoms with van der Waals surface area (Å²) < 4.78 is 0. The average molecular weight is 187 g/mol. The summed E-state index contributed by atoms with van der Waals surface area (Å²) in [5, 5.41) is 12.3. The van der Waals surface area contributed by atoms with E-state index < -0.39 is 0 Å². The molecule has 13 heavy (non-hydrogen) atoms. The van der Waals surface area contributed by atoms with Gasteiger partial charge in [-0.25, -0.2) is 0 Å². The minimum Gasteiger partial charge on any atom is -0.396 e. The molecule has 0 aliphatic heterocycles. The van der Waals surface area contributed by atoms with Crippen molar-refractivity contribution in [1.29, 1.82) is 0 Å². The van der Waals surface area contributed by atoms with Gasteiger partial charge in [0.2, 0.25) is 0 Å². The molecule has 0 aliphatic carbocycles. The molecule has 0 rings (SSSR count). The molecule has 0 spiro atoms. The molecule has 0 saturated heterocycles. The molecule has 2 nitrogen and oxygen atoms in total. The van der Waals surface area contributed by atoms with Crippen LogP contribution in [0.4, 0.5) is 0 Å². The van der Waals surface area contributed by atoms with Crippen LogP contribution in [0.5, 0.6) is 0 Å². The Balaban J connectivity index is 3.60. The molecule has 0 bridgehead atoms. The molecule has 0 saturated carbocycles. The summed E-state index contributed by atoms with van der Waals surface area (Å²) in [6.45, 7) is 10.1. The smallest absolute Gasteiger partial charge is 0.0448 e. The van der Waals surface area contributed by atoms with E-state index in [1.807, 2.05) is 0 Å². The number of rotatable bonds is 7. The number of nitrogens with one attached hydrogen (secondary N) is 1. The van der Waals surface area contributed by atoms with Gasteiger partial charge in [-0.3, -0.25) is 0 Å². The summed E-state index contributed by atoms with van der Waals surface area (Å²) in [5.41, 5.74) is 0.0801. The SMILES string of the molecule is CCCC(C)CNC(C)(C)CCO. The van der Waals surface area contributed by atoms with Crippen LogP contribution < -0.4 is 5.32 Å². The second-order valence-corrected chi connectivity index (χ2v) is 4.63. The molecule has 0 heterocycles. The summed E-state index contributed by atoms with van der Waals surface area (Å²) in [6, 6.07) is 0. The van der Waals surface area contributed by atoms with Crippen LogP contribution in [0.2, 0.25) is 0 Å². The molecule has 1 atom stereocenters. The molecule has 2 N–H and O–H groups in total. The summed E-state index contributed by atoms with van der Waals surface area (Å²) in [7, 11) is 0. The monoisotopic (exact) mass is 187 g/mol. The maximum absolute atomic E-state index is 8.83. The fourth-order valence-corrected chi connectivity index (χ4v) is 1.41. The van der Waals surface area contributed by atoms with Crippen LogP contribution in [0.15, 0.2) is 0 Å². The Kier molecular flexibility index (Phi) is 6.35. The summed E-state index contributed by atoms with van der Waals surface area (Å²) in [5.74, 6) is 0.739. The topological polar surface area (TPSA) is 32.3 Å². The predicted molar refractivity (Wildman–Crippen MR) is 57.9 cm³/mol. The number of aliphatic hydroxyl groups excluding tert-OH is 1. The van der Waals surface area contributed by atoms with Gasteiger partial charge in [-0.2, -0.15) is 0 Å². The van der Waals surface area contributed by atoms with Gasteiger partial charge >= 0.3 is 0 Å². The van der Waals surface area contributed by atoms with Crippen molar-refractivity contribution in [2.24, 2.45) is 5.92 Å². The molecular formula is C11H25NO. The van der Waals surface area contributed by atoms with Crippen LogP contribution in [-0.4, -0.2) is 23.8 Å². The van der Waals surface area contributed by atoms with Crippen LogP contribution in [0, 0.1) is 5.92 Å². The van der Waals surface area contributed by atoms with Gasteiger partial charge in [0.05, 0.1) is 0 Å². The third-order valence-corrected chi connectivity index (χ3v) is 2.45. The lowest BCUT2D eigenvalue weighted by molar-refractivity contribution is 0.225. The van der Waals surface area contributed by atoms with Crippen LogP contribution in [-0.2, 0) is 0 Å². The van der Waals surface area contributed by atoms with Crippen molar-refractivity contribution < 1.29 is 5.11 Å². The lowest BCUT2D eigenvalue weighted by Gasteiger charge is -2.27. The van der Waals surface area contributed by atoms with Crippen molar-refractivity contribution in [3.8, 4) is 0 Å². The molecule has 0 aromatic carbocycles. The zero-order valence-electron chi connectivity index (χ0n) is 9.56. The largest absolute Gasteiger partial charge is 0.396 e. The maximum atomic E-state index is 8.83. The fraction of sp³-hybridized carbons (Fsp3) is 1.00. The lowest BCUT2D eigenvalue weighted by Crippen LogP contribution is -2.42. The third kappa shape index (κ3) is 7.03. The van der Waals surface area contributed by atoms with Gasteiger partial charge in [0.15, 0.2) is 0 Å². The average Bonchev–Trinajstić information content (AvgIpc) is 2.02. The predicted octanol–water partition coefficient (Wildman–Crippen LogP) is 2.17. The number of hydrogen-bond donors (Lipinski definition) is 2. The Morgan fingerprint density at radius 3 is 2.46 bits per heavy atom. The molecule has 2 heteroatoms. The minimum atomic E-state index is 0.0801. The Morgan fingerprint density at radius 2 is 2.00 bits per heavy atom. The van der Waals surface area contributed by atoms with E-state index in [9.17, 15) is 0 Å². The van der Waals surface area contributed by atoms with Gasteiger partial charge in [0.25, 0.3) is 0 Å². The van der Waals surface area contributed by atoms with E-state index >= 15 is 0 Å². The first-order valence-corrected chi connectivity index (χ1v) is 5.37. The van der Waals surface area contributed by atoms with E-state index in [2.05, 4.69) is 33.0 Å². The Morgan fingerprint density at radius 1 is 1.38 bits per heavy atom. The van der Waals surface area contributed by atoms with Crippen molar-refractivity contribution in [1.82, 2.24) is 5.32 Å². The third-order valence-electron chi connectivity index (χ3n) is 2.45. The van der Waals surface area contributed by atoms with E-state index in [1.165, 1.54) is 12.8 Å². The van der Waals surface area contributed by atoms with Crippen molar-refractivity contribution in [3.63, 3.8) is 0 Å². The van der Waals surface area contributed by atoms with E-state index in [0.717, 1.165) is 18.9 Å². The first-order valence-electron chi connectivity index (χ1n) is 5.37. The van der Waals surface area contributed by atoms with E-state index in [-0.39, 0.29) is 12.1 Å². The minimum absolute atomic E-state index is 0.0801. The zero-order valence-corrected chi connectivity index (χ0v) is 9.56. The highest BCUT2D eigenvalue weighted by atomic mass is 16.3. The zero-order chi connectivity index (χ0) is 10.3. The number of hydrogen-bond acceptors (Lipinski definition) is 2. The fourth-order valence-electron chi connectivity index (χ4n) is 1.41. The Bertz CT molecular complexity index is 123. The molecule has 0 aromatic rings. The van der Waals surface area contributed by atoms with Crippen LogP contribution >= 0.6 is 0 Å². The second-order valence-electron chi connectivity index (χ2n) is 4.63.